The molecular weight excluding hydrogens is 348 g/mol. The van der Waals surface area contributed by atoms with Crippen molar-refractivity contribution >= 4 is 11.7 Å². The molecule has 2 fully saturated rings. The quantitative estimate of drug-likeness (QED) is 0.721. The van der Waals surface area contributed by atoms with E-state index in [0.29, 0.717) is 0 Å². The van der Waals surface area contributed by atoms with Crippen molar-refractivity contribution in [1.82, 2.24) is 15.5 Å². The van der Waals surface area contributed by atoms with Crippen molar-refractivity contribution in [3.8, 4) is 11.3 Å². The second kappa shape index (κ2) is 6.82. The maximum absolute atomic E-state index is 13.0. The van der Waals surface area contributed by atoms with E-state index in [1.807, 2.05) is 36.4 Å². The van der Waals surface area contributed by atoms with Gasteiger partial charge >= 0.3 is 0 Å². The van der Waals surface area contributed by atoms with E-state index in [4.69, 9.17) is 0 Å². The zero-order valence-electron chi connectivity index (χ0n) is 15.8. The lowest BCUT2D eigenvalue weighted by Crippen LogP contribution is -2.43. The van der Waals surface area contributed by atoms with E-state index in [1.54, 1.807) is 0 Å². The summed E-state index contributed by atoms with van der Waals surface area (Å²) < 4.78 is 0. The number of benzene rings is 2. The van der Waals surface area contributed by atoms with Gasteiger partial charge in [-0.25, -0.2) is 0 Å². The lowest BCUT2D eigenvalue weighted by molar-refractivity contribution is -0.124. The third-order valence-electron chi connectivity index (χ3n) is 6.01. The molecule has 1 aliphatic carbocycles. The summed E-state index contributed by atoms with van der Waals surface area (Å²) in [6, 6.07) is 22.6. The summed E-state index contributed by atoms with van der Waals surface area (Å²) >= 11 is 0. The number of amides is 1. The number of aromatic amines is 1. The molecule has 28 heavy (non-hydrogen) atoms. The summed E-state index contributed by atoms with van der Waals surface area (Å²) in [6.45, 7) is 1.71. The number of rotatable bonds is 5. The van der Waals surface area contributed by atoms with Crippen LogP contribution in [0.25, 0.3) is 11.3 Å². The van der Waals surface area contributed by atoms with Crippen LogP contribution in [0.3, 0.4) is 0 Å². The SMILES string of the molecule is O=C(NC1CCN(c2cc(-c3ccccc3)[nH]n2)C1)C1(c2ccccc2)CC1. The lowest BCUT2D eigenvalue weighted by Gasteiger charge is -2.20. The van der Waals surface area contributed by atoms with Crippen LogP contribution in [0.15, 0.2) is 66.7 Å². The van der Waals surface area contributed by atoms with Crippen LogP contribution in [0.4, 0.5) is 5.82 Å². The fraction of sp³-hybridized carbons (Fsp3) is 0.304. The standard InChI is InChI=1S/C23H24N4O/c28-22(23(12-13-23)18-9-5-2-6-10-18)24-19-11-14-27(16-19)21-15-20(25-26-21)17-7-3-1-4-8-17/h1-10,15,19H,11-14,16H2,(H,24,28)(H,25,26). The zero-order valence-corrected chi connectivity index (χ0v) is 15.8. The van der Waals surface area contributed by atoms with Crippen LogP contribution in [-0.2, 0) is 10.2 Å². The molecule has 0 spiro atoms. The predicted octanol–water partition coefficient (Wildman–Crippen LogP) is 3.50. The second-order valence-corrected chi connectivity index (χ2v) is 7.86. The predicted molar refractivity (Wildman–Crippen MR) is 110 cm³/mol. The van der Waals surface area contributed by atoms with Crippen molar-refractivity contribution in [3.63, 3.8) is 0 Å². The van der Waals surface area contributed by atoms with Crippen molar-refractivity contribution < 1.29 is 4.79 Å². The normalized spacial score (nSPS) is 20.1. The molecular formula is C23H24N4O. The van der Waals surface area contributed by atoms with Gasteiger partial charge in [0.2, 0.25) is 5.91 Å². The Hall–Kier alpha value is -3.08. The van der Waals surface area contributed by atoms with Crippen LogP contribution in [0.5, 0.6) is 0 Å². The van der Waals surface area contributed by atoms with Gasteiger partial charge in [-0.05, 0) is 30.4 Å². The van der Waals surface area contributed by atoms with Gasteiger partial charge in [0.1, 0.15) is 0 Å². The van der Waals surface area contributed by atoms with Gasteiger partial charge in [-0.2, -0.15) is 5.10 Å². The largest absolute Gasteiger partial charge is 0.353 e. The summed E-state index contributed by atoms with van der Waals surface area (Å²) in [6.07, 6.45) is 2.84. The highest BCUT2D eigenvalue weighted by Crippen LogP contribution is 2.48. The van der Waals surface area contributed by atoms with Crippen LogP contribution >= 0.6 is 0 Å². The zero-order chi connectivity index (χ0) is 19.0. The minimum absolute atomic E-state index is 0.172. The van der Waals surface area contributed by atoms with Crippen LogP contribution < -0.4 is 10.2 Å². The molecule has 5 heteroatoms. The van der Waals surface area contributed by atoms with Gasteiger partial charge in [0.05, 0.1) is 11.1 Å². The highest BCUT2D eigenvalue weighted by molar-refractivity contribution is 5.91. The summed E-state index contributed by atoms with van der Waals surface area (Å²) in [5.74, 6) is 1.12. The Labute approximate surface area is 164 Å². The van der Waals surface area contributed by atoms with E-state index in [-0.39, 0.29) is 17.4 Å². The number of anilines is 1. The minimum atomic E-state index is -0.304. The van der Waals surface area contributed by atoms with Crippen molar-refractivity contribution in [2.75, 3.05) is 18.0 Å². The Bertz CT molecular complexity index is 963. The minimum Gasteiger partial charge on any atom is -0.353 e. The average molecular weight is 372 g/mol. The van der Waals surface area contributed by atoms with Gasteiger partial charge in [0.25, 0.3) is 0 Å². The molecule has 1 aromatic heterocycles. The molecule has 142 valence electrons. The van der Waals surface area contributed by atoms with Crippen molar-refractivity contribution in [3.05, 3.63) is 72.3 Å². The number of hydrogen-bond acceptors (Lipinski definition) is 3. The van der Waals surface area contributed by atoms with Gasteiger partial charge < -0.3 is 10.2 Å². The van der Waals surface area contributed by atoms with Crippen molar-refractivity contribution in [1.29, 1.82) is 0 Å². The third-order valence-corrected chi connectivity index (χ3v) is 6.01. The fourth-order valence-electron chi connectivity index (χ4n) is 4.18. The van der Waals surface area contributed by atoms with Crippen LogP contribution in [-0.4, -0.2) is 35.2 Å². The van der Waals surface area contributed by atoms with Crippen LogP contribution in [0.1, 0.15) is 24.8 Å². The summed E-state index contributed by atoms with van der Waals surface area (Å²) in [5, 5.41) is 10.9. The Kier molecular flexibility index (Phi) is 4.15. The smallest absolute Gasteiger partial charge is 0.230 e. The number of nitrogens with zero attached hydrogens (tertiary/aromatic N) is 2. The monoisotopic (exact) mass is 372 g/mol. The molecule has 2 aromatic carbocycles. The Morgan fingerprint density at radius 3 is 2.50 bits per heavy atom. The number of carbonyl (C=O) groups is 1. The van der Waals surface area contributed by atoms with Crippen LogP contribution in [0, 0.1) is 0 Å². The molecule has 1 atom stereocenters. The lowest BCUT2D eigenvalue weighted by atomic mass is 9.94. The molecule has 1 saturated carbocycles. The number of carbonyl (C=O) groups excluding carboxylic acids is 1. The Morgan fingerprint density at radius 2 is 1.79 bits per heavy atom. The first-order valence-electron chi connectivity index (χ1n) is 9.97. The molecule has 2 heterocycles. The summed E-state index contributed by atoms with van der Waals surface area (Å²) in [5.41, 5.74) is 2.98. The van der Waals surface area contributed by atoms with Crippen molar-refractivity contribution in [2.24, 2.45) is 0 Å². The second-order valence-electron chi connectivity index (χ2n) is 7.86. The maximum Gasteiger partial charge on any atom is 0.230 e. The van der Waals surface area contributed by atoms with Crippen molar-refractivity contribution in [2.45, 2.75) is 30.7 Å². The molecule has 0 radical (unpaired) electrons. The average Bonchev–Trinajstić information content (AvgIpc) is 3.18. The Morgan fingerprint density at radius 1 is 1.07 bits per heavy atom. The van der Waals surface area contributed by atoms with E-state index < -0.39 is 0 Å². The van der Waals surface area contributed by atoms with E-state index >= 15 is 0 Å². The van der Waals surface area contributed by atoms with Gasteiger partial charge in [-0.15, -0.1) is 0 Å². The maximum atomic E-state index is 13.0. The Balaban J connectivity index is 1.23. The first-order chi connectivity index (χ1) is 13.7. The topological polar surface area (TPSA) is 61.0 Å². The highest BCUT2D eigenvalue weighted by Gasteiger charge is 2.51. The number of H-pyrrole nitrogens is 1. The van der Waals surface area contributed by atoms with Gasteiger partial charge in [0.15, 0.2) is 5.82 Å². The van der Waals surface area contributed by atoms with Gasteiger partial charge in [-0.3, -0.25) is 9.89 Å². The molecule has 3 aromatic rings. The van der Waals surface area contributed by atoms with Crippen LogP contribution in [0.2, 0.25) is 0 Å². The molecule has 5 rings (SSSR count). The number of nitrogens with one attached hydrogen (secondary N) is 2. The molecule has 1 unspecified atom stereocenters. The molecule has 5 nitrogen and oxygen atoms in total. The molecule has 1 saturated heterocycles. The molecule has 1 aliphatic heterocycles. The van der Waals surface area contributed by atoms with Gasteiger partial charge in [-0.1, -0.05) is 60.7 Å². The number of aromatic nitrogens is 2. The van der Waals surface area contributed by atoms with Gasteiger partial charge in [0, 0.05) is 25.2 Å². The first-order valence-corrected chi connectivity index (χ1v) is 9.97. The van der Waals surface area contributed by atoms with E-state index in [0.717, 1.165) is 55.0 Å². The molecule has 0 bridgehead atoms. The van der Waals surface area contributed by atoms with E-state index in [9.17, 15) is 4.79 Å². The van der Waals surface area contributed by atoms with E-state index in [1.165, 1.54) is 0 Å². The first kappa shape index (κ1) is 17.0. The number of hydrogen-bond donors (Lipinski definition) is 2. The third kappa shape index (κ3) is 3.07. The summed E-state index contributed by atoms with van der Waals surface area (Å²) in [4.78, 5) is 15.2. The molecule has 1 amide bonds. The molecule has 2 N–H and O–H groups in total. The summed E-state index contributed by atoms with van der Waals surface area (Å²) in [7, 11) is 0. The van der Waals surface area contributed by atoms with E-state index in [2.05, 4.69) is 50.7 Å². The molecule has 2 aliphatic rings. The highest BCUT2D eigenvalue weighted by atomic mass is 16.2. The fourth-order valence-corrected chi connectivity index (χ4v) is 4.18.